The van der Waals surface area contributed by atoms with Crippen LogP contribution in [0.25, 0.3) is 0 Å². The van der Waals surface area contributed by atoms with E-state index in [2.05, 4.69) is 0 Å². The summed E-state index contributed by atoms with van der Waals surface area (Å²) in [6.07, 6.45) is -5.21. The van der Waals surface area contributed by atoms with Gasteiger partial charge in [-0.2, -0.15) is 4.39 Å². The number of aliphatic hydroxyl groups excluding tert-OH is 1. The van der Waals surface area contributed by atoms with Crippen LogP contribution in [0.1, 0.15) is 26.9 Å². The number of carbonyl (C=O) groups excluding carboxylic acids is 2. The van der Waals surface area contributed by atoms with Crippen molar-refractivity contribution in [3.8, 4) is 0 Å². The van der Waals surface area contributed by atoms with Gasteiger partial charge in [0.15, 0.2) is 12.3 Å². The van der Waals surface area contributed by atoms with Crippen LogP contribution in [-0.2, 0) is 14.2 Å². The number of benzene rings is 2. The molecule has 34 heavy (non-hydrogen) atoms. The maximum Gasteiger partial charge on any atom is 0.338 e. The van der Waals surface area contributed by atoms with Crippen LogP contribution in [-0.4, -0.2) is 51.5 Å². The van der Waals surface area contributed by atoms with Crippen molar-refractivity contribution < 1.29 is 33.3 Å². The number of aromatic amines is 1. The summed E-state index contributed by atoms with van der Waals surface area (Å²) in [6, 6.07) is 16.0. The summed E-state index contributed by atoms with van der Waals surface area (Å²) in [6.45, 7) is -0.450. The lowest BCUT2D eigenvalue weighted by molar-refractivity contribution is -0.0617. The number of aliphatic hydroxyl groups is 1. The lowest BCUT2D eigenvalue weighted by Crippen LogP contribution is -2.41. The molecule has 2 N–H and O–H groups in total. The number of rotatable bonds is 6. The molecule has 0 aliphatic carbocycles. The number of carbonyl (C=O) groups is 2. The van der Waals surface area contributed by atoms with Gasteiger partial charge < -0.3 is 19.3 Å². The van der Waals surface area contributed by atoms with Gasteiger partial charge in [-0.1, -0.05) is 36.4 Å². The first kappa shape index (κ1) is 23.1. The van der Waals surface area contributed by atoms with Crippen molar-refractivity contribution in [1.82, 2.24) is 9.55 Å². The highest BCUT2D eigenvalue weighted by molar-refractivity contribution is 5.90. The van der Waals surface area contributed by atoms with Crippen LogP contribution < -0.4 is 11.2 Å². The number of hydrogen-bond donors (Lipinski definition) is 2. The highest BCUT2D eigenvalue weighted by Gasteiger charge is 2.48. The largest absolute Gasteiger partial charge is 0.459 e. The summed E-state index contributed by atoms with van der Waals surface area (Å²) in [5.74, 6) is -2.78. The van der Waals surface area contributed by atoms with Crippen LogP contribution in [0.2, 0.25) is 0 Å². The van der Waals surface area contributed by atoms with Crippen molar-refractivity contribution >= 4 is 11.9 Å². The predicted octanol–water partition coefficient (Wildman–Crippen LogP) is 1.02. The topological polar surface area (TPSA) is 137 Å². The standard InChI is InChI=1S/C23H19FN2O8/c24-15-11-26(23(31)25-19(15)28)20-17(27)18(34-22(30)14-9-5-2-6-10-14)16(33-20)12-32-21(29)13-7-3-1-4-8-13/h1-11,16-18,20,27H,12H2,(H,25,28,31)/t16-,17?,18?,20-/m0/s1. The SMILES string of the molecule is O=C(OC[C@@H]1O[C@H](n2cc(F)c(=O)[nH]c2=O)C(O)C1OC(=O)c1ccccc1)c1ccccc1. The molecule has 2 aromatic carbocycles. The smallest absolute Gasteiger partial charge is 0.338 e. The fourth-order valence-electron chi connectivity index (χ4n) is 3.46. The Labute approximate surface area is 191 Å². The number of H-pyrrole nitrogens is 1. The lowest BCUT2D eigenvalue weighted by Gasteiger charge is -2.21. The summed E-state index contributed by atoms with van der Waals surface area (Å²) < 4.78 is 30.8. The quantitative estimate of drug-likeness (QED) is 0.510. The Kier molecular flexibility index (Phi) is 6.66. The van der Waals surface area contributed by atoms with E-state index in [1.165, 1.54) is 24.3 Å². The molecule has 1 saturated heterocycles. The van der Waals surface area contributed by atoms with Crippen LogP contribution in [0.5, 0.6) is 0 Å². The highest BCUT2D eigenvalue weighted by Crippen LogP contribution is 2.31. The van der Waals surface area contributed by atoms with Crippen molar-refractivity contribution in [2.75, 3.05) is 6.61 Å². The number of hydrogen-bond acceptors (Lipinski definition) is 8. The van der Waals surface area contributed by atoms with Gasteiger partial charge in [-0.3, -0.25) is 14.3 Å². The van der Waals surface area contributed by atoms with Crippen molar-refractivity contribution in [2.24, 2.45) is 0 Å². The van der Waals surface area contributed by atoms with Gasteiger partial charge in [-0.05, 0) is 24.3 Å². The van der Waals surface area contributed by atoms with Gasteiger partial charge >= 0.3 is 17.6 Å². The molecule has 3 aromatic rings. The summed E-state index contributed by atoms with van der Waals surface area (Å²) in [7, 11) is 0. The molecule has 1 aliphatic heterocycles. The molecule has 1 fully saturated rings. The maximum absolute atomic E-state index is 13.8. The van der Waals surface area contributed by atoms with Crippen LogP contribution in [0.3, 0.4) is 0 Å². The average molecular weight is 470 g/mol. The molecular weight excluding hydrogens is 451 g/mol. The molecule has 4 atom stereocenters. The van der Waals surface area contributed by atoms with Crippen molar-refractivity contribution in [3.63, 3.8) is 0 Å². The van der Waals surface area contributed by atoms with Crippen LogP contribution in [0, 0.1) is 5.82 Å². The first-order chi connectivity index (χ1) is 16.3. The second-order valence-corrected chi connectivity index (χ2v) is 7.40. The van der Waals surface area contributed by atoms with Crippen molar-refractivity contribution in [3.05, 3.63) is 105 Å². The second-order valence-electron chi connectivity index (χ2n) is 7.40. The van der Waals surface area contributed by atoms with Gasteiger partial charge in [0.05, 0.1) is 17.3 Å². The summed E-state index contributed by atoms with van der Waals surface area (Å²) in [4.78, 5) is 50.2. The van der Waals surface area contributed by atoms with E-state index in [0.29, 0.717) is 10.8 Å². The Balaban J connectivity index is 1.59. The van der Waals surface area contributed by atoms with E-state index >= 15 is 0 Å². The highest BCUT2D eigenvalue weighted by atomic mass is 19.1. The zero-order valence-corrected chi connectivity index (χ0v) is 17.5. The zero-order chi connectivity index (χ0) is 24.2. The molecule has 0 spiro atoms. The molecule has 10 nitrogen and oxygen atoms in total. The molecule has 0 radical (unpaired) electrons. The van der Waals surface area contributed by atoms with Gasteiger partial charge in [0.1, 0.15) is 18.8 Å². The number of nitrogens with one attached hydrogen (secondary N) is 1. The molecule has 1 aromatic heterocycles. The molecule has 176 valence electrons. The van der Waals surface area contributed by atoms with E-state index in [1.54, 1.807) is 41.4 Å². The Morgan fingerprint density at radius 1 is 1.00 bits per heavy atom. The van der Waals surface area contributed by atoms with Gasteiger partial charge in [0, 0.05) is 0 Å². The van der Waals surface area contributed by atoms with Crippen LogP contribution in [0.15, 0.2) is 76.4 Å². The minimum atomic E-state index is -1.66. The van der Waals surface area contributed by atoms with Gasteiger partial charge in [0.2, 0.25) is 5.82 Å². The van der Waals surface area contributed by atoms with E-state index in [0.717, 1.165) is 0 Å². The van der Waals surface area contributed by atoms with Gasteiger partial charge in [-0.25, -0.2) is 14.4 Å². The number of ether oxygens (including phenoxy) is 3. The molecule has 4 rings (SSSR count). The van der Waals surface area contributed by atoms with Crippen LogP contribution in [0.4, 0.5) is 4.39 Å². The predicted molar refractivity (Wildman–Crippen MR) is 114 cm³/mol. The van der Waals surface area contributed by atoms with E-state index in [4.69, 9.17) is 14.2 Å². The number of nitrogens with zero attached hydrogens (tertiary/aromatic N) is 1. The van der Waals surface area contributed by atoms with E-state index in [-0.39, 0.29) is 11.1 Å². The normalized spacial score (nSPS) is 21.7. The molecule has 1 aliphatic rings. The molecule has 11 heteroatoms. The third kappa shape index (κ3) is 4.80. The summed E-state index contributed by atoms with van der Waals surface area (Å²) in [5, 5.41) is 10.8. The van der Waals surface area contributed by atoms with Crippen molar-refractivity contribution in [1.29, 1.82) is 0 Å². The van der Waals surface area contributed by atoms with E-state index in [9.17, 15) is 28.7 Å². The first-order valence-corrected chi connectivity index (χ1v) is 10.2. The summed E-state index contributed by atoms with van der Waals surface area (Å²) in [5.41, 5.74) is -1.85. The monoisotopic (exact) mass is 470 g/mol. The number of halogens is 1. The Hall–Kier alpha value is -4.09. The molecule has 0 bridgehead atoms. The summed E-state index contributed by atoms with van der Waals surface area (Å²) >= 11 is 0. The Bertz CT molecular complexity index is 1290. The maximum atomic E-state index is 13.8. The first-order valence-electron chi connectivity index (χ1n) is 10.2. The minimum Gasteiger partial charge on any atom is -0.459 e. The number of aromatic nitrogens is 2. The van der Waals surface area contributed by atoms with Crippen molar-refractivity contribution in [2.45, 2.75) is 24.5 Å². The lowest BCUT2D eigenvalue weighted by atomic mass is 10.1. The molecule has 2 unspecified atom stereocenters. The minimum absolute atomic E-state index is 0.186. The second kappa shape index (κ2) is 9.81. The fourth-order valence-corrected chi connectivity index (χ4v) is 3.46. The fraction of sp³-hybridized carbons (Fsp3) is 0.217. The molecule has 2 heterocycles. The van der Waals surface area contributed by atoms with Gasteiger partial charge in [0.25, 0.3) is 5.56 Å². The number of esters is 2. The van der Waals surface area contributed by atoms with Crippen LogP contribution >= 0.6 is 0 Å². The molecule has 0 amide bonds. The van der Waals surface area contributed by atoms with E-state index < -0.39 is 60.2 Å². The third-order valence-corrected chi connectivity index (χ3v) is 5.15. The van der Waals surface area contributed by atoms with Gasteiger partial charge in [-0.15, -0.1) is 0 Å². The molecule has 0 saturated carbocycles. The molecular formula is C23H19FN2O8. The third-order valence-electron chi connectivity index (χ3n) is 5.15. The average Bonchev–Trinajstić information content (AvgIpc) is 3.15. The Morgan fingerprint density at radius 2 is 1.59 bits per heavy atom. The van der Waals surface area contributed by atoms with E-state index in [1.807, 2.05) is 0 Å². The Morgan fingerprint density at radius 3 is 2.21 bits per heavy atom. The zero-order valence-electron chi connectivity index (χ0n) is 17.5.